The van der Waals surface area contributed by atoms with Crippen LogP contribution in [0.1, 0.15) is 37.7 Å². The van der Waals surface area contributed by atoms with Gasteiger partial charge in [-0.1, -0.05) is 44.2 Å². The zero-order valence-electron chi connectivity index (χ0n) is 12.5. The molecule has 0 radical (unpaired) electrons. The second-order valence-corrected chi connectivity index (χ2v) is 6.35. The van der Waals surface area contributed by atoms with E-state index in [2.05, 4.69) is 29.1 Å². The second kappa shape index (κ2) is 6.18. The number of aromatic nitrogens is 3. The third kappa shape index (κ3) is 2.78. The second-order valence-electron chi connectivity index (χ2n) is 5.41. The number of rotatable bonds is 4. The van der Waals surface area contributed by atoms with Crippen LogP contribution in [0.2, 0.25) is 0 Å². The monoisotopic (exact) mass is 319 g/mol. The van der Waals surface area contributed by atoms with Crippen molar-refractivity contribution in [2.24, 2.45) is 16.8 Å². The molecule has 2 heterocycles. The van der Waals surface area contributed by atoms with E-state index >= 15 is 0 Å². The van der Waals surface area contributed by atoms with Gasteiger partial charge in [-0.2, -0.15) is 9.78 Å². The molecule has 1 aromatic carbocycles. The lowest BCUT2D eigenvalue weighted by atomic mass is 10.00. The van der Waals surface area contributed by atoms with Crippen LogP contribution in [0.4, 0.5) is 4.39 Å². The Bertz CT molecular complexity index is 694. The number of benzene rings is 1. The van der Waals surface area contributed by atoms with Crippen LogP contribution in [0.3, 0.4) is 0 Å². The minimum atomic E-state index is -0.253. The van der Waals surface area contributed by atoms with Gasteiger partial charge in [-0.15, -0.1) is 10.2 Å². The summed E-state index contributed by atoms with van der Waals surface area (Å²) < 4.78 is 14.8. The molecule has 2 N–H and O–H groups in total. The van der Waals surface area contributed by atoms with E-state index in [1.54, 1.807) is 28.6 Å². The molecule has 0 saturated heterocycles. The highest BCUT2D eigenvalue weighted by Gasteiger charge is 2.25. The zero-order valence-corrected chi connectivity index (χ0v) is 13.3. The summed E-state index contributed by atoms with van der Waals surface area (Å²) in [6.07, 6.45) is 0.963. The maximum atomic E-state index is 13.1. The molecule has 1 aliphatic heterocycles. The van der Waals surface area contributed by atoms with Crippen molar-refractivity contribution in [2.75, 3.05) is 5.75 Å². The van der Waals surface area contributed by atoms with E-state index in [0.29, 0.717) is 17.5 Å². The Morgan fingerprint density at radius 3 is 2.73 bits per heavy atom. The van der Waals surface area contributed by atoms with E-state index in [9.17, 15) is 4.39 Å². The predicted molar refractivity (Wildman–Crippen MR) is 85.5 cm³/mol. The van der Waals surface area contributed by atoms with Crippen molar-refractivity contribution in [3.8, 4) is 0 Å². The van der Waals surface area contributed by atoms with Crippen LogP contribution in [0.25, 0.3) is 0 Å². The summed E-state index contributed by atoms with van der Waals surface area (Å²) in [5, 5.41) is 13.8. The summed E-state index contributed by atoms with van der Waals surface area (Å²) in [7, 11) is 0. The standard InChI is InChI=1S/C15H18FN5S/c1-3-9(2)13(17)14-18-19-15-21(14)20-12(8-22-15)10-4-6-11(16)7-5-10/h4-7,9,13H,3,8,17H2,1-2H3. The number of hydrogen-bond donors (Lipinski definition) is 1. The molecule has 0 spiro atoms. The molecule has 2 aromatic rings. The van der Waals surface area contributed by atoms with E-state index in [4.69, 9.17) is 5.73 Å². The fraction of sp³-hybridized carbons (Fsp3) is 0.400. The Kier molecular flexibility index (Phi) is 4.26. The van der Waals surface area contributed by atoms with Gasteiger partial charge >= 0.3 is 0 Å². The lowest BCUT2D eigenvalue weighted by Crippen LogP contribution is -2.24. The van der Waals surface area contributed by atoms with Crippen molar-refractivity contribution >= 4 is 17.5 Å². The van der Waals surface area contributed by atoms with E-state index in [-0.39, 0.29) is 11.9 Å². The van der Waals surface area contributed by atoms with Gasteiger partial charge in [-0.25, -0.2) is 4.39 Å². The van der Waals surface area contributed by atoms with Gasteiger partial charge in [-0.05, 0) is 23.6 Å². The molecule has 3 rings (SSSR count). The Hall–Kier alpha value is -1.73. The highest BCUT2D eigenvalue weighted by molar-refractivity contribution is 7.99. The average Bonchev–Trinajstić information content (AvgIpc) is 2.97. The molecular formula is C15H18FN5S. The first-order valence-corrected chi connectivity index (χ1v) is 8.26. The minimum absolute atomic E-state index is 0.205. The largest absolute Gasteiger partial charge is 0.321 e. The van der Waals surface area contributed by atoms with Gasteiger partial charge in [0.2, 0.25) is 5.16 Å². The average molecular weight is 319 g/mol. The maximum Gasteiger partial charge on any atom is 0.212 e. The highest BCUT2D eigenvalue weighted by Crippen LogP contribution is 2.28. The summed E-state index contributed by atoms with van der Waals surface area (Å²) in [6, 6.07) is 6.14. The molecule has 0 fully saturated rings. The Morgan fingerprint density at radius 2 is 2.05 bits per heavy atom. The molecule has 0 bridgehead atoms. The van der Waals surface area contributed by atoms with E-state index < -0.39 is 0 Å². The van der Waals surface area contributed by atoms with Gasteiger partial charge in [0.05, 0.1) is 11.8 Å². The number of thioether (sulfide) groups is 1. The summed E-state index contributed by atoms with van der Waals surface area (Å²) in [5.41, 5.74) is 8.04. The van der Waals surface area contributed by atoms with Crippen molar-refractivity contribution in [1.29, 1.82) is 0 Å². The fourth-order valence-corrected chi connectivity index (χ4v) is 3.09. The molecular weight excluding hydrogens is 301 g/mol. The minimum Gasteiger partial charge on any atom is -0.321 e. The number of hydrogen-bond acceptors (Lipinski definition) is 5. The molecule has 0 amide bonds. The van der Waals surface area contributed by atoms with Gasteiger partial charge < -0.3 is 5.73 Å². The van der Waals surface area contributed by atoms with Gasteiger partial charge in [0.15, 0.2) is 5.82 Å². The van der Waals surface area contributed by atoms with Crippen LogP contribution < -0.4 is 5.73 Å². The molecule has 2 unspecified atom stereocenters. The summed E-state index contributed by atoms with van der Waals surface area (Å²) in [6.45, 7) is 4.19. The molecule has 0 saturated carbocycles. The zero-order chi connectivity index (χ0) is 15.7. The van der Waals surface area contributed by atoms with Gasteiger partial charge in [0.1, 0.15) is 5.82 Å². The first-order chi connectivity index (χ1) is 10.6. The molecule has 2 atom stereocenters. The van der Waals surface area contributed by atoms with Crippen LogP contribution in [-0.2, 0) is 0 Å². The van der Waals surface area contributed by atoms with Gasteiger partial charge in [0, 0.05) is 5.75 Å². The van der Waals surface area contributed by atoms with Crippen molar-refractivity contribution in [3.63, 3.8) is 0 Å². The van der Waals surface area contributed by atoms with Crippen LogP contribution in [0.15, 0.2) is 34.5 Å². The third-order valence-electron chi connectivity index (χ3n) is 3.93. The lowest BCUT2D eigenvalue weighted by molar-refractivity contribution is 0.425. The molecule has 0 aliphatic carbocycles. The Balaban J connectivity index is 1.97. The number of nitrogens with two attached hydrogens (primary N) is 1. The highest BCUT2D eigenvalue weighted by atomic mass is 32.2. The van der Waals surface area contributed by atoms with Gasteiger partial charge in [0.25, 0.3) is 0 Å². The molecule has 116 valence electrons. The van der Waals surface area contributed by atoms with Crippen LogP contribution in [-0.4, -0.2) is 26.3 Å². The number of nitrogens with zero attached hydrogens (tertiary/aromatic N) is 4. The predicted octanol–water partition coefficient (Wildman–Crippen LogP) is 2.82. The van der Waals surface area contributed by atoms with Gasteiger partial charge in [-0.3, -0.25) is 0 Å². The third-order valence-corrected chi connectivity index (χ3v) is 4.86. The van der Waals surface area contributed by atoms with Crippen molar-refractivity contribution in [1.82, 2.24) is 14.9 Å². The maximum absolute atomic E-state index is 13.1. The fourth-order valence-electron chi connectivity index (χ4n) is 2.24. The number of fused-ring (bicyclic) bond motifs is 1. The summed E-state index contributed by atoms with van der Waals surface area (Å²) >= 11 is 1.56. The van der Waals surface area contributed by atoms with Crippen molar-refractivity contribution < 1.29 is 4.39 Å². The van der Waals surface area contributed by atoms with E-state index in [1.165, 1.54) is 12.1 Å². The smallest absolute Gasteiger partial charge is 0.212 e. The molecule has 1 aromatic heterocycles. The summed E-state index contributed by atoms with van der Waals surface area (Å²) in [4.78, 5) is 0. The first-order valence-electron chi connectivity index (χ1n) is 7.27. The van der Waals surface area contributed by atoms with E-state index in [0.717, 1.165) is 22.9 Å². The molecule has 22 heavy (non-hydrogen) atoms. The summed E-state index contributed by atoms with van der Waals surface area (Å²) in [5.74, 6) is 1.40. The SMILES string of the molecule is CCC(C)C(N)c1nnc2n1N=C(c1ccc(F)cc1)CS2. The molecule has 5 nitrogen and oxygen atoms in total. The van der Waals surface area contributed by atoms with Crippen molar-refractivity contribution in [2.45, 2.75) is 31.5 Å². The first kappa shape index (κ1) is 15.2. The van der Waals surface area contributed by atoms with Crippen LogP contribution in [0, 0.1) is 11.7 Å². The molecule has 7 heteroatoms. The van der Waals surface area contributed by atoms with Crippen LogP contribution in [0.5, 0.6) is 0 Å². The van der Waals surface area contributed by atoms with E-state index in [1.807, 2.05) is 0 Å². The van der Waals surface area contributed by atoms with Crippen molar-refractivity contribution in [3.05, 3.63) is 41.5 Å². The quantitative estimate of drug-likeness (QED) is 0.941. The van der Waals surface area contributed by atoms with Crippen LogP contribution >= 0.6 is 11.8 Å². The number of halogens is 1. The topological polar surface area (TPSA) is 69.1 Å². The Labute approximate surface area is 132 Å². The lowest BCUT2D eigenvalue weighted by Gasteiger charge is -2.19. The molecule has 1 aliphatic rings. The Morgan fingerprint density at radius 1 is 1.32 bits per heavy atom. The normalized spacial score (nSPS) is 16.8.